The van der Waals surface area contributed by atoms with Crippen LogP contribution in [0, 0.1) is 0 Å². The van der Waals surface area contributed by atoms with E-state index in [1.165, 1.54) is 30.2 Å². The van der Waals surface area contributed by atoms with Crippen molar-refractivity contribution in [1.82, 2.24) is 20.1 Å². The molecule has 0 atom stereocenters. The maximum absolute atomic E-state index is 11.6. The van der Waals surface area contributed by atoms with E-state index in [0.717, 1.165) is 12.7 Å². The number of nitrogens with two attached hydrogens (primary N) is 1. The molecule has 0 aliphatic heterocycles. The Hall–Kier alpha value is -3.54. The maximum atomic E-state index is 11.6. The zero-order valence-electron chi connectivity index (χ0n) is 17.5. The second-order valence-corrected chi connectivity index (χ2v) is 9.13. The minimum atomic E-state index is -3.39. The first-order valence-electron chi connectivity index (χ1n) is 9.59. The van der Waals surface area contributed by atoms with E-state index >= 15 is 0 Å². The number of aromatic nitrogens is 4. The lowest BCUT2D eigenvalue weighted by Crippen LogP contribution is -2.03. The van der Waals surface area contributed by atoms with Crippen LogP contribution in [-0.2, 0) is 16.3 Å². The summed E-state index contributed by atoms with van der Waals surface area (Å²) in [7, 11) is -3.39. The monoisotopic (exact) mass is 488 g/mol. The number of sulfone groups is 1. The van der Waals surface area contributed by atoms with Crippen molar-refractivity contribution >= 4 is 38.9 Å². The number of aliphatic hydroxyl groups excluding tert-OH is 1. The number of hydrogen-bond donors (Lipinski definition) is 3. The molecule has 0 saturated heterocycles. The van der Waals surface area contributed by atoms with E-state index in [1.807, 2.05) is 30.3 Å². The molecule has 2 heterocycles. The fourth-order valence-electron chi connectivity index (χ4n) is 2.69. The second-order valence-electron chi connectivity index (χ2n) is 6.74. The zero-order valence-corrected chi connectivity index (χ0v) is 19.1. The summed E-state index contributed by atoms with van der Waals surface area (Å²) in [6.45, 7) is 0.240. The average molecular weight is 489 g/mol. The van der Waals surface area contributed by atoms with Gasteiger partial charge in [0, 0.05) is 24.7 Å². The molecule has 172 valence electrons. The van der Waals surface area contributed by atoms with Crippen LogP contribution in [0.15, 0.2) is 70.5 Å². The van der Waals surface area contributed by atoms with Gasteiger partial charge in [-0.1, -0.05) is 47.1 Å². The smallest absolute Gasteiger partial charge is 0.262 e. The quantitative estimate of drug-likeness (QED) is 0.368. The standard InChI is InChI=1S/C13H11ClN6O3S.C8H10O/c1-24(21,22)10-3-2-7(4-9(10)14)19-13-16-5-8(11(15)20-13)12-17-6-18-23-12;9-7-6-8-4-2-1-3-5-8/h2-6H,1H3,(H3,15,16,19,20);1-5,9H,6-7H2. The van der Waals surface area contributed by atoms with Crippen LogP contribution in [0.2, 0.25) is 5.02 Å². The molecule has 4 N–H and O–H groups in total. The van der Waals surface area contributed by atoms with Gasteiger partial charge in [0.25, 0.3) is 5.89 Å². The third kappa shape index (κ3) is 6.72. The number of rotatable bonds is 6. The Bertz CT molecular complexity index is 1300. The highest BCUT2D eigenvalue weighted by atomic mass is 35.5. The molecule has 4 rings (SSSR count). The highest BCUT2D eigenvalue weighted by Gasteiger charge is 2.14. The second kappa shape index (κ2) is 10.9. The molecule has 0 aliphatic carbocycles. The number of aliphatic hydroxyl groups is 1. The average Bonchev–Trinajstić information content (AvgIpc) is 3.29. The minimum Gasteiger partial charge on any atom is -0.396 e. The Morgan fingerprint density at radius 3 is 2.48 bits per heavy atom. The number of hydrogen-bond acceptors (Lipinski definition) is 10. The van der Waals surface area contributed by atoms with Crippen LogP contribution < -0.4 is 11.1 Å². The molecular formula is C21H21ClN6O4S. The lowest BCUT2D eigenvalue weighted by Gasteiger charge is -2.08. The van der Waals surface area contributed by atoms with Crippen molar-refractivity contribution < 1.29 is 18.0 Å². The van der Waals surface area contributed by atoms with Crippen LogP contribution >= 0.6 is 11.6 Å². The van der Waals surface area contributed by atoms with Crippen LogP contribution in [0.4, 0.5) is 17.5 Å². The summed E-state index contributed by atoms with van der Waals surface area (Å²) in [5.41, 5.74) is 7.96. The summed E-state index contributed by atoms with van der Waals surface area (Å²) in [6, 6.07) is 14.4. The molecule has 0 radical (unpaired) electrons. The van der Waals surface area contributed by atoms with E-state index in [2.05, 4.69) is 25.4 Å². The molecule has 10 nitrogen and oxygen atoms in total. The van der Waals surface area contributed by atoms with Crippen molar-refractivity contribution in [3.63, 3.8) is 0 Å². The van der Waals surface area contributed by atoms with E-state index < -0.39 is 9.84 Å². The first-order chi connectivity index (χ1) is 15.8. The van der Waals surface area contributed by atoms with Gasteiger partial charge in [0.2, 0.25) is 5.95 Å². The number of nitrogens with zero attached hydrogens (tertiary/aromatic N) is 4. The minimum absolute atomic E-state index is 0.0434. The summed E-state index contributed by atoms with van der Waals surface area (Å²) >= 11 is 5.99. The van der Waals surface area contributed by atoms with E-state index in [0.29, 0.717) is 11.3 Å². The van der Waals surface area contributed by atoms with E-state index in [-0.39, 0.29) is 34.2 Å². The normalized spacial score (nSPS) is 10.9. The van der Waals surface area contributed by atoms with Crippen LogP contribution in [-0.4, -0.2) is 46.5 Å². The van der Waals surface area contributed by atoms with Gasteiger partial charge in [0.15, 0.2) is 16.2 Å². The number of anilines is 3. The molecule has 2 aromatic carbocycles. The lowest BCUT2D eigenvalue weighted by molar-refractivity contribution is 0.299. The SMILES string of the molecule is CS(=O)(=O)c1ccc(Nc2ncc(-c3ncno3)c(N)n2)cc1Cl.OCCc1ccccc1. The lowest BCUT2D eigenvalue weighted by atomic mass is 10.2. The highest BCUT2D eigenvalue weighted by Crippen LogP contribution is 2.27. The first-order valence-corrected chi connectivity index (χ1v) is 11.9. The van der Waals surface area contributed by atoms with Crippen molar-refractivity contribution in [3.8, 4) is 11.5 Å². The zero-order chi connectivity index (χ0) is 23.8. The molecule has 2 aromatic heterocycles. The van der Waals surface area contributed by atoms with Crippen LogP contribution in [0.1, 0.15) is 5.56 Å². The van der Waals surface area contributed by atoms with Gasteiger partial charge >= 0.3 is 0 Å². The molecular weight excluding hydrogens is 468 g/mol. The van der Waals surface area contributed by atoms with Gasteiger partial charge in [-0.15, -0.1) is 0 Å². The molecule has 0 unspecified atom stereocenters. The van der Waals surface area contributed by atoms with Gasteiger partial charge in [-0.2, -0.15) is 9.97 Å². The van der Waals surface area contributed by atoms with Crippen molar-refractivity contribution in [2.45, 2.75) is 11.3 Å². The van der Waals surface area contributed by atoms with Crippen LogP contribution in [0.25, 0.3) is 11.5 Å². The summed E-state index contributed by atoms with van der Waals surface area (Å²) in [6.07, 6.45) is 4.53. The molecule has 0 amide bonds. The third-order valence-corrected chi connectivity index (χ3v) is 5.82. The van der Waals surface area contributed by atoms with Gasteiger partial charge in [-0.3, -0.25) is 0 Å². The maximum Gasteiger partial charge on any atom is 0.262 e. The molecule has 0 aliphatic rings. The van der Waals surface area contributed by atoms with Gasteiger partial charge < -0.3 is 20.7 Å². The first kappa shape index (κ1) is 24.1. The topological polar surface area (TPSA) is 157 Å². The van der Waals surface area contributed by atoms with Gasteiger partial charge in [0.1, 0.15) is 11.4 Å². The number of halogens is 1. The highest BCUT2D eigenvalue weighted by molar-refractivity contribution is 7.90. The molecule has 4 aromatic rings. The van der Waals surface area contributed by atoms with E-state index in [1.54, 1.807) is 6.07 Å². The Balaban J connectivity index is 0.000000286. The van der Waals surface area contributed by atoms with Gasteiger partial charge in [0.05, 0.1) is 9.92 Å². The molecule has 33 heavy (non-hydrogen) atoms. The molecule has 0 bridgehead atoms. The summed E-state index contributed by atoms with van der Waals surface area (Å²) < 4.78 is 28.0. The Morgan fingerprint density at radius 1 is 1.15 bits per heavy atom. The van der Waals surface area contributed by atoms with Crippen molar-refractivity contribution in [3.05, 3.63) is 71.6 Å². The predicted octanol–water partition coefficient (Wildman–Crippen LogP) is 3.13. The van der Waals surface area contributed by atoms with Crippen LogP contribution in [0.5, 0.6) is 0 Å². The van der Waals surface area contributed by atoms with Gasteiger partial charge in [-0.05, 0) is 30.2 Å². The molecule has 0 fully saturated rings. The fraction of sp³-hybridized carbons (Fsp3) is 0.143. The van der Waals surface area contributed by atoms with Crippen molar-refractivity contribution in [2.75, 3.05) is 23.9 Å². The van der Waals surface area contributed by atoms with E-state index in [9.17, 15) is 8.42 Å². The van der Waals surface area contributed by atoms with Crippen molar-refractivity contribution in [2.24, 2.45) is 0 Å². The molecule has 0 spiro atoms. The van der Waals surface area contributed by atoms with Crippen LogP contribution in [0.3, 0.4) is 0 Å². The fourth-order valence-corrected chi connectivity index (χ4v) is 4.02. The number of nitrogen functional groups attached to an aromatic ring is 1. The summed E-state index contributed by atoms with van der Waals surface area (Å²) in [4.78, 5) is 12.1. The Morgan fingerprint density at radius 2 is 1.91 bits per heavy atom. The number of benzene rings is 2. The molecule has 12 heteroatoms. The summed E-state index contributed by atoms with van der Waals surface area (Å²) in [5.74, 6) is 0.564. The van der Waals surface area contributed by atoms with E-state index in [4.69, 9.17) is 27.0 Å². The largest absolute Gasteiger partial charge is 0.396 e. The number of nitrogens with one attached hydrogen (secondary N) is 1. The molecule has 0 saturated carbocycles. The van der Waals surface area contributed by atoms with Crippen molar-refractivity contribution in [1.29, 1.82) is 0 Å². The van der Waals surface area contributed by atoms with Gasteiger partial charge in [-0.25, -0.2) is 13.4 Å². The Kier molecular flexibility index (Phi) is 7.93. The predicted molar refractivity (Wildman–Crippen MR) is 125 cm³/mol. The third-order valence-electron chi connectivity index (χ3n) is 4.24. The Labute approximate surface area is 195 Å². The summed E-state index contributed by atoms with van der Waals surface area (Å²) in [5, 5.41) is 15.0.